The number of aryl methyl sites for hydroxylation is 1. The van der Waals surface area contributed by atoms with Crippen molar-refractivity contribution in [1.29, 1.82) is 0 Å². The smallest absolute Gasteiger partial charge is 0.322 e. The Balaban J connectivity index is 1.62. The second kappa shape index (κ2) is 12.8. The molecular formula is C30H36N6O6. The van der Waals surface area contributed by atoms with Gasteiger partial charge in [0.15, 0.2) is 0 Å². The molecule has 5 amide bonds. The molecule has 0 bridgehead atoms. The van der Waals surface area contributed by atoms with E-state index < -0.39 is 54.3 Å². The highest BCUT2D eigenvalue weighted by Crippen LogP contribution is 2.31. The number of aromatic amines is 1. The van der Waals surface area contributed by atoms with Crippen molar-refractivity contribution in [2.75, 3.05) is 5.32 Å². The summed E-state index contributed by atoms with van der Waals surface area (Å²) in [5.41, 5.74) is 9.44. The third kappa shape index (κ3) is 7.06. The molecule has 0 spiro atoms. The number of nitrogens with zero attached hydrogens (tertiary/aromatic N) is 1. The summed E-state index contributed by atoms with van der Waals surface area (Å²) >= 11 is 0. The monoisotopic (exact) mass is 576 g/mol. The number of primary amides is 1. The Kier molecular flexibility index (Phi) is 9.14. The molecule has 3 aromatic rings. The number of carboxylic acid groups (broad SMARTS) is 1. The number of hydrogen-bond acceptors (Lipinski definition) is 5. The van der Waals surface area contributed by atoms with Crippen LogP contribution in [0.1, 0.15) is 43.5 Å². The van der Waals surface area contributed by atoms with Crippen molar-refractivity contribution in [3.63, 3.8) is 0 Å². The van der Waals surface area contributed by atoms with Gasteiger partial charge in [0.2, 0.25) is 17.7 Å². The SMILES string of the molecule is Cc1cccc(NC(=O)N2Cc3[nH]c4ccccc4c3C[C@@H]2C(=O)N[C@@H](CC(C)C)C(=O)N[C@H](CC(=O)O)C(N)=O)c1. The minimum atomic E-state index is -1.44. The van der Waals surface area contributed by atoms with E-state index in [0.717, 1.165) is 27.7 Å². The quantitative estimate of drug-likeness (QED) is 0.215. The average molecular weight is 577 g/mol. The van der Waals surface area contributed by atoms with Crippen LogP contribution in [0.25, 0.3) is 10.9 Å². The molecule has 1 aliphatic rings. The van der Waals surface area contributed by atoms with Crippen LogP contribution in [0.3, 0.4) is 0 Å². The number of rotatable bonds is 10. The van der Waals surface area contributed by atoms with Crippen LogP contribution < -0.4 is 21.7 Å². The Morgan fingerprint density at radius 1 is 1.05 bits per heavy atom. The van der Waals surface area contributed by atoms with Gasteiger partial charge in [-0.1, -0.05) is 44.2 Å². The predicted octanol–water partition coefficient (Wildman–Crippen LogP) is 2.41. The summed E-state index contributed by atoms with van der Waals surface area (Å²) in [6, 6.07) is 11.0. The highest BCUT2D eigenvalue weighted by atomic mass is 16.4. The largest absolute Gasteiger partial charge is 0.481 e. The van der Waals surface area contributed by atoms with Crippen LogP contribution in [0.2, 0.25) is 0 Å². The van der Waals surface area contributed by atoms with Gasteiger partial charge in [0.25, 0.3) is 0 Å². The summed E-state index contributed by atoms with van der Waals surface area (Å²) in [4.78, 5) is 68.4. The molecular weight excluding hydrogens is 540 g/mol. The number of fused-ring (bicyclic) bond motifs is 3. The molecule has 0 radical (unpaired) electrons. The normalized spacial score (nSPS) is 15.9. The Labute approximate surface area is 243 Å². The number of aliphatic carboxylic acids is 1. The van der Waals surface area contributed by atoms with Crippen molar-refractivity contribution in [2.45, 2.75) is 64.7 Å². The molecule has 1 aliphatic heterocycles. The molecule has 12 nitrogen and oxygen atoms in total. The fourth-order valence-electron chi connectivity index (χ4n) is 5.21. The number of amides is 5. The van der Waals surface area contributed by atoms with E-state index in [1.165, 1.54) is 4.90 Å². The number of H-pyrrole nitrogens is 1. The maximum absolute atomic E-state index is 13.9. The first kappa shape index (κ1) is 30.1. The summed E-state index contributed by atoms with van der Waals surface area (Å²) in [7, 11) is 0. The lowest BCUT2D eigenvalue weighted by Crippen LogP contribution is -2.59. The standard InChI is InChI=1S/C30H36N6O6/c1-16(2)11-23(28(40)34-22(27(31)39)14-26(37)38)35-29(41)25-13-20-19-9-4-5-10-21(19)33-24(20)15-36(25)30(42)32-18-8-6-7-17(3)12-18/h4-10,12,16,22-23,25,33H,11,13-15H2,1-3H3,(H2,31,39)(H,32,42)(H,34,40)(H,35,41)(H,37,38)/t22-,23+,25-/m1/s1. The van der Waals surface area contributed by atoms with Gasteiger partial charge in [0.1, 0.15) is 18.1 Å². The lowest BCUT2D eigenvalue weighted by Gasteiger charge is -2.35. The third-order valence-electron chi connectivity index (χ3n) is 7.22. The topological polar surface area (TPSA) is 187 Å². The van der Waals surface area contributed by atoms with Gasteiger partial charge in [-0.15, -0.1) is 0 Å². The number of aromatic nitrogens is 1. The van der Waals surface area contributed by atoms with E-state index in [4.69, 9.17) is 10.8 Å². The van der Waals surface area contributed by atoms with Gasteiger partial charge in [0.05, 0.1) is 13.0 Å². The zero-order chi connectivity index (χ0) is 30.6. The third-order valence-corrected chi connectivity index (χ3v) is 7.22. The summed E-state index contributed by atoms with van der Waals surface area (Å²) in [5.74, 6) is -3.64. The fraction of sp³-hybridized carbons (Fsp3) is 0.367. The summed E-state index contributed by atoms with van der Waals surface area (Å²) in [6.45, 7) is 5.75. The van der Waals surface area contributed by atoms with E-state index in [1.807, 2.05) is 63.2 Å². The van der Waals surface area contributed by atoms with Crippen LogP contribution in [-0.4, -0.2) is 62.8 Å². The van der Waals surface area contributed by atoms with Crippen molar-refractivity contribution in [2.24, 2.45) is 11.7 Å². The number of nitrogens with two attached hydrogens (primary N) is 1. The van der Waals surface area contributed by atoms with Crippen molar-refractivity contribution in [1.82, 2.24) is 20.5 Å². The lowest BCUT2D eigenvalue weighted by atomic mass is 9.95. The number of nitrogens with one attached hydrogen (secondary N) is 4. The van der Waals surface area contributed by atoms with Crippen molar-refractivity contribution < 1.29 is 29.1 Å². The Morgan fingerprint density at radius 3 is 2.45 bits per heavy atom. The highest BCUT2D eigenvalue weighted by molar-refractivity contribution is 5.98. The molecule has 0 saturated heterocycles. The van der Waals surface area contributed by atoms with Gasteiger partial charge in [-0.25, -0.2) is 4.79 Å². The van der Waals surface area contributed by atoms with Gasteiger partial charge >= 0.3 is 12.0 Å². The maximum atomic E-state index is 13.9. The molecule has 222 valence electrons. The fourth-order valence-corrected chi connectivity index (χ4v) is 5.21. The molecule has 2 aromatic carbocycles. The van der Waals surface area contributed by atoms with Crippen LogP contribution in [-0.2, 0) is 32.1 Å². The van der Waals surface area contributed by atoms with Crippen LogP contribution in [0.4, 0.5) is 10.5 Å². The highest BCUT2D eigenvalue weighted by Gasteiger charge is 2.38. The number of carboxylic acids is 1. The lowest BCUT2D eigenvalue weighted by molar-refractivity contribution is -0.140. The van der Waals surface area contributed by atoms with Crippen LogP contribution >= 0.6 is 0 Å². The second-order valence-electron chi connectivity index (χ2n) is 11.0. The molecule has 2 heterocycles. The van der Waals surface area contributed by atoms with Crippen LogP contribution in [0.15, 0.2) is 48.5 Å². The van der Waals surface area contributed by atoms with Crippen molar-refractivity contribution >= 4 is 46.3 Å². The van der Waals surface area contributed by atoms with Gasteiger partial charge < -0.3 is 36.7 Å². The van der Waals surface area contributed by atoms with Gasteiger partial charge in [-0.05, 0) is 48.6 Å². The van der Waals surface area contributed by atoms with Crippen molar-refractivity contribution in [3.8, 4) is 0 Å². The van der Waals surface area contributed by atoms with Gasteiger partial charge in [0, 0.05) is 28.7 Å². The average Bonchev–Trinajstić information content (AvgIpc) is 3.28. The minimum Gasteiger partial charge on any atom is -0.481 e. The number of benzene rings is 2. The Hall–Kier alpha value is -4.87. The first-order chi connectivity index (χ1) is 19.9. The zero-order valence-corrected chi connectivity index (χ0v) is 23.8. The van der Waals surface area contributed by atoms with E-state index in [2.05, 4.69) is 20.9 Å². The maximum Gasteiger partial charge on any atom is 0.322 e. The molecule has 4 rings (SSSR count). The molecule has 1 aromatic heterocycles. The number of urea groups is 1. The Bertz CT molecular complexity index is 1510. The first-order valence-electron chi connectivity index (χ1n) is 13.8. The molecule has 12 heteroatoms. The van der Waals surface area contributed by atoms with E-state index in [9.17, 15) is 24.0 Å². The minimum absolute atomic E-state index is 0.0418. The molecule has 7 N–H and O–H groups in total. The van der Waals surface area contributed by atoms with Gasteiger partial charge in [-0.3, -0.25) is 19.2 Å². The summed E-state index contributed by atoms with van der Waals surface area (Å²) in [6.07, 6.45) is -0.287. The molecule has 3 atom stereocenters. The van der Waals surface area contributed by atoms with Crippen LogP contribution in [0, 0.1) is 12.8 Å². The van der Waals surface area contributed by atoms with E-state index in [0.29, 0.717) is 5.69 Å². The summed E-state index contributed by atoms with van der Waals surface area (Å²) < 4.78 is 0. The van der Waals surface area contributed by atoms with E-state index >= 15 is 0 Å². The molecule has 0 aliphatic carbocycles. The van der Waals surface area contributed by atoms with Gasteiger partial charge in [-0.2, -0.15) is 0 Å². The van der Waals surface area contributed by atoms with E-state index in [1.54, 1.807) is 6.07 Å². The number of carbonyl (C=O) groups is 5. The van der Waals surface area contributed by atoms with Crippen molar-refractivity contribution in [3.05, 3.63) is 65.4 Å². The first-order valence-corrected chi connectivity index (χ1v) is 13.8. The molecule has 0 fully saturated rings. The zero-order valence-electron chi connectivity index (χ0n) is 23.8. The Morgan fingerprint density at radius 2 is 1.79 bits per heavy atom. The number of anilines is 1. The second-order valence-corrected chi connectivity index (χ2v) is 11.0. The molecule has 0 saturated carbocycles. The number of hydrogen-bond donors (Lipinski definition) is 6. The number of para-hydroxylation sites is 1. The number of carbonyl (C=O) groups excluding carboxylic acids is 4. The molecule has 42 heavy (non-hydrogen) atoms. The summed E-state index contributed by atoms with van der Waals surface area (Å²) in [5, 5.41) is 18.1. The predicted molar refractivity (Wildman–Crippen MR) is 156 cm³/mol. The van der Waals surface area contributed by atoms with Crippen LogP contribution in [0.5, 0.6) is 0 Å². The molecule has 0 unspecified atom stereocenters. The van der Waals surface area contributed by atoms with E-state index in [-0.39, 0.29) is 25.3 Å².